The summed E-state index contributed by atoms with van der Waals surface area (Å²) < 4.78 is 38.7. The Balaban J connectivity index is 2.23. The fourth-order valence-electron chi connectivity index (χ4n) is 2.68. The maximum Gasteiger partial charge on any atom is 0.389 e. The van der Waals surface area contributed by atoms with Crippen LogP contribution in [0.1, 0.15) is 12.0 Å². The van der Waals surface area contributed by atoms with E-state index in [-0.39, 0.29) is 18.9 Å². The zero-order valence-corrected chi connectivity index (χ0v) is 14.5. The summed E-state index contributed by atoms with van der Waals surface area (Å²) in [6.45, 7) is 0.232. The van der Waals surface area contributed by atoms with Crippen LogP contribution in [0.4, 0.5) is 19.0 Å². The van der Waals surface area contributed by atoms with Crippen molar-refractivity contribution in [2.24, 2.45) is 16.9 Å². The van der Waals surface area contributed by atoms with Gasteiger partial charge in [0.05, 0.1) is 18.9 Å². The van der Waals surface area contributed by atoms with E-state index in [2.05, 4.69) is 26.4 Å². The Hall–Kier alpha value is -2.60. The minimum absolute atomic E-state index is 0.00167. The van der Waals surface area contributed by atoms with Crippen molar-refractivity contribution in [3.8, 4) is 0 Å². The van der Waals surface area contributed by atoms with Gasteiger partial charge in [0, 0.05) is 25.7 Å². The highest BCUT2D eigenvalue weighted by Crippen LogP contribution is 2.32. The number of aliphatic hydroxyl groups is 1. The van der Waals surface area contributed by atoms with Crippen molar-refractivity contribution in [3.63, 3.8) is 0 Å². The number of aliphatic carboxylic acids is 1. The lowest BCUT2D eigenvalue weighted by Gasteiger charge is -2.25. The van der Waals surface area contributed by atoms with Crippen LogP contribution in [0, 0.1) is 11.8 Å². The van der Waals surface area contributed by atoms with E-state index < -0.39 is 30.4 Å². The topological polar surface area (TPSA) is 122 Å². The van der Waals surface area contributed by atoms with E-state index in [9.17, 15) is 23.1 Å². The molecule has 0 aliphatic carbocycles. The van der Waals surface area contributed by atoms with Crippen LogP contribution in [0.25, 0.3) is 0 Å². The second-order valence-corrected chi connectivity index (χ2v) is 6.04. The highest BCUT2D eigenvalue weighted by Gasteiger charge is 2.42. The molecular formula is C15H21F3N6O3. The third-order valence-electron chi connectivity index (χ3n) is 3.91. The van der Waals surface area contributed by atoms with E-state index >= 15 is 0 Å². The fourth-order valence-corrected chi connectivity index (χ4v) is 2.68. The Labute approximate surface area is 153 Å². The molecule has 1 aromatic rings. The monoisotopic (exact) mass is 390 g/mol. The first-order valence-electron chi connectivity index (χ1n) is 8.12. The number of pyridine rings is 1. The number of anilines is 1. The standard InChI is InChI=1S/C15H21F3N6O3/c1-24-22-13(21-23-24)10(11(14(26)27)7-15(16,17)18)6-9-2-3-12(20-8-9)19-4-5-25/h2-3,8,10-11,23,25H,4-7H2,1H3,(H,19,20)(H,21,22)(H,26,27)/t10-,11-/m0/s1. The summed E-state index contributed by atoms with van der Waals surface area (Å²) in [5, 5.41) is 26.2. The van der Waals surface area contributed by atoms with E-state index in [1.807, 2.05) is 0 Å². The van der Waals surface area contributed by atoms with Gasteiger partial charge in [-0.25, -0.2) is 10.5 Å². The Kier molecular flexibility index (Phi) is 6.80. The second kappa shape index (κ2) is 8.86. The number of alkyl halides is 3. The SMILES string of the molecule is CN1NN=C([C@@H](Cc2ccc(NCCO)nc2)[C@H](CC(F)(F)F)C(=O)O)N1. The molecule has 0 spiro atoms. The quantitative estimate of drug-likeness (QED) is 0.415. The smallest absolute Gasteiger partial charge is 0.389 e. The number of nitrogens with zero attached hydrogens (tertiary/aromatic N) is 3. The summed E-state index contributed by atoms with van der Waals surface area (Å²) in [6.07, 6.45) is -4.65. The van der Waals surface area contributed by atoms with E-state index in [1.54, 1.807) is 19.2 Å². The van der Waals surface area contributed by atoms with Gasteiger partial charge in [0.1, 0.15) is 11.7 Å². The molecule has 2 rings (SSSR count). The van der Waals surface area contributed by atoms with Crippen molar-refractivity contribution in [2.45, 2.75) is 19.0 Å². The van der Waals surface area contributed by atoms with Gasteiger partial charge < -0.3 is 15.5 Å². The van der Waals surface area contributed by atoms with Crippen molar-refractivity contribution in [3.05, 3.63) is 23.9 Å². The number of aliphatic hydroxyl groups excluding tert-OH is 1. The largest absolute Gasteiger partial charge is 0.481 e. The number of nitrogens with one attached hydrogen (secondary N) is 3. The van der Waals surface area contributed by atoms with Crippen molar-refractivity contribution in [1.82, 2.24) is 21.1 Å². The van der Waals surface area contributed by atoms with Crippen LogP contribution in [-0.4, -0.2) is 58.5 Å². The molecule has 0 amide bonds. The van der Waals surface area contributed by atoms with Gasteiger partial charge in [-0.2, -0.15) is 13.2 Å². The van der Waals surface area contributed by atoms with Crippen molar-refractivity contribution in [1.29, 1.82) is 0 Å². The molecule has 2 heterocycles. The molecule has 9 nitrogen and oxygen atoms in total. The molecule has 0 fully saturated rings. The maximum absolute atomic E-state index is 12.9. The molecule has 12 heteroatoms. The number of rotatable bonds is 9. The molecular weight excluding hydrogens is 369 g/mol. The molecule has 0 bridgehead atoms. The Morgan fingerprint density at radius 1 is 1.41 bits per heavy atom. The number of aromatic nitrogens is 1. The number of hydrogen-bond acceptors (Lipinski definition) is 8. The average molecular weight is 390 g/mol. The van der Waals surface area contributed by atoms with E-state index in [0.717, 1.165) is 0 Å². The van der Waals surface area contributed by atoms with E-state index in [0.29, 0.717) is 17.9 Å². The number of amidine groups is 1. The average Bonchev–Trinajstić information content (AvgIpc) is 3.02. The van der Waals surface area contributed by atoms with Crippen LogP contribution in [0.5, 0.6) is 0 Å². The summed E-state index contributed by atoms with van der Waals surface area (Å²) in [5.74, 6) is -3.70. The number of carboxylic acid groups (broad SMARTS) is 1. The Bertz CT molecular complexity index is 668. The number of hydrogen-bond donors (Lipinski definition) is 5. The minimum Gasteiger partial charge on any atom is -0.481 e. The lowest BCUT2D eigenvalue weighted by atomic mass is 9.83. The molecule has 2 atom stereocenters. The third kappa shape index (κ3) is 6.25. The summed E-state index contributed by atoms with van der Waals surface area (Å²) in [5.41, 5.74) is 5.78. The molecule has 1 aliphatic rings. The van der Waals surface area contributed by atoms with Gasteiger partial charge in [0.15, 0.2) is 0 Å². The zero-order valence-electron chi connectivity index (χ0n) is 14.5. The molecule has 1 aliphatic heterocycles. The summed E-state index contributed by atoms with van der Waals surface area (Å²) >= 11 is 0. The molecule has 5 N–H and O–H groups in total. The third-order valence-corrected chi connectivity index (χ3v) is 3.91. The zero-order chi connectivity index (χ0) is 20.0. The lowest BCUT2D eigenvalue weighted by Crippen LogP contribution is -2.44. The van der Waals surface area contributed by atoms with E-state index in [4.69, 9.17) is 5.11 Å². The van der Waals surface area contributed by atoms with Crippen LogP contribution in [0.3, 0.4) is 0 Å². The first-order chi connectivity index (χ1) is 12.7. The predicted octanol–water partition coefficient (Wildman–Crippen LogP) is 0.566. The van der Waals surface area contributed by atoms with Gasteiger partial charge in [-0.3, -0.25) is 10.2 Å². The predicted molar refractivity (Wildman–Crippen MR) is 90.3 cm³/mol. The van der Waals surface area contributed by atoms with Crippen LogP contribution in [0.2, 0.25) is 0 Å². The van der Waals surface area contributed by atoms with Crippen LogP contribution in [0.15, 0.2) is 23.4 Å². The van der Waals surface area contributed by atoms with Gasteiger partial charge in [-0.15, -0.1) is 10.2 Å². The number of hydrazine groups is 2. The summed E-state index contributed by atoms with van der Waals surface area (Å²) in [7, 11) is 1.55. The van der Waals surface area contributed by atoms with Crippen molar-refractivity contribution in [2.75, 3.05) is 25.5 Å². The maximum atomic E-state index is 12.9. The van der Waals surface area contributed by atoms with E-state index in [1.165, 1.54) is 11.3 Å². The molecule has 1 aromatic heterocycles. The van der Waals surface area contributed by atoms with Gasteiger partial charge in [0.25, 0.3) is 0 Å². The van der Waals surface area contributed by atoms with Crippen LogP contribution >= 0.6 is 0 Å². The first-order valence-corrected chi connectivity index (χ1v) is 8.12. The van der Waals surface area contributed by atoms with Crippen LogP contribution in [-0.2, 0) is 11.2 Å². The van der Waals surface area contributed by atoms with Gasteiger partial charge in [-0.1, -0.05) is 6.07 Å². The normalized spacial score (nSPS) is 16.9. The number of carboxylic acids is 1. The summed E-state index contributed by atoms with van der Waals surface area (Å²) in [4.78, 5) is 15.7. The minimum atomic E-state index is -4.63. The molecule has 0 radical (unpaired) electrons. The van der Waals surface area contributed by atoms with Gasteiger partial charge in [-0.05, 0) is 18.1 Å². The number of carbonyl (C=O) groups is 1. The molecule has 27 heavy (non-hydrogen) atoms. The highest BCUT2D eigenvalue weighted by atomic mass is 19.4. The Morgan fingerprint density at radius 3 is 2.63 bits per heavy atom. The van der Waals surface area contributed by atoms with Crippen LogP contribution < -0.4 is 16.3 Å². The number of hydrazone groups is 1. The highest BCUT2D eigenvalue weighted by molar-refractivity contribution is 5.89. The summed E-state index contributed by atoms with van der Waals surface area (Å²) in [6, 6.07) is 3.24. The molecule has 0 saturated carbocycles. The molecule has 0 aromatic carbocycles. The molecule has 0 unspecified atom stereocenters. The van der Waals surface area contributed by atoms with Crippen molar-refractivity contribution >= 4 is 17.6 Å². The lowest BCUT2D eigenvalue weighted by molar-refractivity contribution is -0.166. The van der Waals surface area contributed by atoms with Crippen molar-refractivity contribution < 1.29 is 28.2 Å². The van der Waals surface area contributed by atoms with Gasteiger partial charge >= 0.3 is 12.1 Å². The molecule has 0 saturated heterocycles. The Morgan fingerprint density at radius 2 is 2.15 bits per heavy atom. The molecule has 150 valence electrons. The fraction of sp³-hybridized carbons (Fsp3) is 0.533. The first kappa shape index (κ1) is 20.7. The second-order valence-electron chi connectivity index (χ2n) is 6.04. The number of halogens is 3. The van der Waals surface area contributed by atoms with Gasteiger partial charge in [0.2, 0.25) is 0 Å².